The molecule has 2 heteroatoms. The first kappa shape index (κ1) is 15.4. The Hall–Kier alpha value is -1.02. The third-order valence-electron chi connectivity index (χ3n) is 4.91. The Bertz CT molecular complexity index is 410. The number of nitrogens with one attached hydrogen (secondary N) is 1. The second kappa shape index (κ2) is 7.68. The second-order valence-electron chi connectivity index (χ2n) is 5.95. The number of nitrogens with zero attached hydrogens (tertiary/aromatic N) is 1. The van der Waals surface area contributed by atoms with Crippen LogP contribution in [0.1, 0.15) is 44.2 Å². The highest BCUT2D eigenvalue weighted by molar-refractivity contribution is 5.54. The Labute approximate surface area is 124 Å². The third-order valence-corrected chi connectivity index (χ3v) is 4.91. The first-order valence-corrected chi connectivity index (χ1v) is 8.29. The predicted molar refractivity (Wildman–Crippen MR) is 88.5 cm³/mol. The molecule has 0 saturated carbocycles. The highest BCUT2D eigenvalue weighted by atomic mass is 15.1. The average Bonchev–Trinajstić information content (AvgIpc) is 2.70. The molecular weight excluding hydrogens is 244 g/mol. The van der Waals surface area contributed by atoms with Crippen LogP contribution < -0.4 is 5.32 Å². The van der Waals surface area contributed by atoms with E-state index in [-0.39, 0.29) is 0 Å². The molecule has 0 bridgehead atoms. The van der Waals surface area contributed by atoms with Crippen molar-refractivity contribution in [3.63, 3.8) is 0 Å². The van der Waals surface area contributed by atoms with Gasteiger partial charge >= 0.3 is 0 Å². The molecule has 0 aromatic heterocycles. The molecule has 1 unspecified atom stereocenters. The largest absolute Gasteiger partial charge is 0.388 e. The minimum atomic E-state index is 0.896. The molecule has 1 N–H and O–H groups in total. The minimum Gasteiger partial charge on any atom is -0.388 e. The van der Waals surface area contributed by atoms with Gasteiger partial charge in [0, 0.05) is 12.7 Å². The Morgan fingerprint density at radius 2 is 1.90 bits per heavy atom. The zero-order valence-electron chi connectivity index (χ0n) is 13.4. The lowest BCUT2D eigenvalue weighted by Gasteiger charge is -2.21. The molecule has 20 heavy (non-hydrogen) atoms. The zero-order valence-corrected chi connectivity index (χ0v) is 13.4. The molecule has 0 aliphatic heterocycles. The van der Waals surface area contributed by atoms with Crippen molar-refractivity contribution in [2.75, 3.05) is 32.0 Å². The van der Waals surface area contributed by atoms with Crippen LogP contribution in [-0.2, 0) is 12.8 Å². The molecule has 1 aliphatic rings. The van der Waals surface area contributed by atoms with Crippen molar-refractivity contribution in [3.8, 4) is 0 Å². The highest BCUT2D eigenvalue weighted by Crippen LogP contribution is 2.30. The van der Waals surface area contributed by atoms with Crippen LogP contribution in [0.15, 0.2) is 18.2 Å². The first-order valence-electron chi connectivity index (χ1n) is 8.29. The fraction of sp³-hybridized carbons (Fsp3) is 0.667. The molecule has 0 saturated heterocycles. The average molecular weight is 274 g/mol. The number of rotatable bonds is 6. The summed E-state index contributed by atoms with van der Waals surface area (Å²) in [6.45, 7) is 8.19. The van der Waals surface area contributed by atoms with E-state index in [1.807, 2.05) is 7.05 Å². The van der Waals surface area contributed by atoms with Crippen molar-refractivity contribution in [1.82, 2.24) is 4.90 Å². The Morgan fingerprint density at radius 1 is 1.15 bits per heavy atom. The fourth-order valence-electron chi connectivity index (χ4n) is 3.44. The molecule has 1 aromatic carbocycles. The Morgan fingerprint density at radius 3 is 2.60 bits per heavy atom. The van der Waals surface area contributed by atoms with Crippen molar-refractivity contribution in [2.45, 2.75) is 46.0 Å². The van der Waals surface area contributed by atoms with Crippen LogP contribution in [0.3, 0.4) is 0 Å². The molecule has 2 nitrogen and oxygen atoms in total. The molecule has 112 valence electrons. The molecular formula is C18H30N2. The van der Waals surface area contributed by atoms with Gasteiger partial charge in [0.2, 0.25) is 0 Å². The molecule has 1 aromatic rings. The van der Waals surface area contributed by atoms with E-state index in [9.17, 15) is 0 Å². The maximum absolute atomic E-state index is 3.36. The van der Waals surface area contributed by atoms with Gasteiger partial charge in [0.15, 0.2) is 0 Å². The van der Waals surface area contributed by atoms with E-state index < -0.39 is 0 Å². The van der Waals surface area contributed by atoms with Crippen LogP contribution in [0, 0.1) is 5.92 Å². The van der Waals surface area contributed by atoms with Gasteiger partial charge in [0.05, 0.1) is 0 Å². The van der Waals surface area contributed by atoms with E-state index in [0.29, 0.717) is 0 Å². The summed E-state index contributed by atoms with van der Waals surface area (Å²) >= 11 is 0. The van der Waals surface area contributed by atoms with E-state index in [1.165, 1.54) is 57.4 Å². The number of benzene rings is 1. The van der Waals surface area contributed by atoms with Crippen LogP contribution in [0.4, 0.5) is 5.69 Å². The van der Waals surface area contributed by atoms with Crippen molar-refractivity contribution >= 4 is 5.69 Å². The van der Waals surface area contributed by atoms with Gasteiger partial charge < -0.3 is 10.2 Å². The van der Waals surface area contributed by atoms with Gasteiger partial charge in [-0.05, 0) is 74.8 Å². The number of hydrogen-bond acceptors (Lipinski definition) is 2. The lowest BCUT2D eigenvalue weighted by atomic mass is 9.95. The van der Waals surface area contributed by atoms with E-state index in [0.717, 1.165) is 5.92 Å². The van der Waals surface area contributed by atoms with Crippen molar-refractivity contribution < 1.29 is 0 Å². The highest BCUT2D eigenvalue weighted by Gasteiger charge is 2.18. The van der Waals surface area contributed by atoms with E-state index >= 15 is 0 Å². The maximum atomic E-state index is 3.36. The van der Waals surface area contributed by atoms with Crippen molar-refractivity contribution in [2.24, 2.45) is 5.92 Å². The van der Waals surface area contributed by atoms with Gasteiger partial charge in [0.25, 0.3) is 0 Å². The SMILES string of the molecule is CCN(CC)CCC1CCc2cccc(NC)c2CC1. The van der Waals surface area contributed by atoms with Gasteiger partial charge in [-0.3, -0.25) is 0 Å². The van der Waals surface area contributed by atoms with Gasteiger partial charge in [-0.1, -0.05) is 26.0 Å². The minimum absolute atomic E-state index is 0.896. The summed E-state index contributed by atoms with van der Waals surface area (Å²) in [6, 6.07) is 6.74. The Balaban J connectivity index is 1.94. The molecule has 0 fully saturated rings. The van der Waals surface area contributed by atoms with Crippen LogP contribution >= 0.6 is 0 Å². The molecule has 0 amide bonds. The fourth-order valence-corrected chi connectivity index (χ4v) is 3.44. The zero-order chi connectivity index (χ0) is 14.4. The normalized spacial score (nSPS) is 18.7. The van der Waals surface area contributed by atoms with Gasteiger partial charge in [-0.2, -0.15) is 0 Å². The summed E-state index contributed by atoms with van der Waals surface area (Å²) in [7, 11) is 2.04. The van der Waals surface area contributed by atoms with Gasteiger partial charge in [-0.15, -0.1) is 0 Å². The van der Waals surface area contributed by atoms with Crippen LogP contribution in [-0.4, -0.2) is 31.6 Å². The van der Waals surface area contributed by atoms with Gasteiger partial charge in [-0.25, -0.2) is 0 Å². The molecule has 0 spiro atoms. The van der Waals surface area contributed by atoms with Crippen LogP contribution in [0.5, 0.6) is 0 Å². The third kappa shape index (κ3) is 3.76. The van der Waals surface area contributed by atoms with Crippen molar-refractivity contribution in [3.05, 3.63) is 29.3 Å². The van der Waals surface area contributed by atoms with Gasteiger partial charge in [0.1, 0.15) is 0 Å². The maximum Gasteiger partial charge on any atom is 0.0372 e. The van der Waals surface area contributed by atoms with Crippen LogP contribution in [0.25, 0.3) is 0 Å². The molecule has 0 heterocycles. The number of anilines is 1. The summed E-state index contributed by atoms with van der Waals surface area (Å²) in [4.78, 5) is 2.55. The first-order chi connectivity index (χ1) is 9.78. The smallest absolute Gasteiger partial charge is 0.0372 e. The molecule has 2 rings (SSSR count). The summed E-state index contributed by atoms with van der Waals surface area (Å²) in [5, 5.41) is 3.36. The second-order valence-corrected chi connectivity index (χ2v) is 5.95. The summed E-state index contributed by atoms with van der Waals surface area (Å²) < 4.78 is 0. The number of fused-ring (bicyclic) bond motifs is 1. The molecule has 0 radical (unpaired) electrons. The Kier molecular flexibility index (Phi) is 5.90. The number of hydrogen-bond donors (Lipinski definition) is 1. The summed E-state index contributed by atoms with van der Waals surface area (Å²) in [6.07, 6.45) is 6.59. The monoisotopic (exact) mass is 274 g/mol. The quantitative estimate of drug-likeness (QED) is 0.790. The molecule has 1 aliphatic carbocycles. The van der Waals surface area contributed by atoms with E-state index in [2.05, 4.69) is 42.3 Å². The molecule has 1 atom stereocenters. The summed E-state index contributed by atoms with van der Waals surface area (Å²) in [5.74, 6) is 0.896. The van der Waals surface area contributed by atoms with E-state index in [1.54, 1.807) is 11.1 Å². The topological polar surface area (TPSA) is 15.3 Å². The lowest BCUT2D eigenvalue weighted by molar-refractivity contribution is 0.267. The van der Waals surface area contributed by atoms with Crippen molar-refractivity contribution in [1.29, 1.82) is 0 Å². The standard InChI is InChI=1S/C18H30N2/c1-4-20(5-2)14-13-15-9-11-16-7-6-8-18(19-3)17(16)12-10-15/h6-8,15,19H,4-5,9-14H2,1-3H3. The lowest BCUT2D eigenvalue weighted by Crippen LogP contribution is -2.25. The van der Waals surface area contributed by atoms with E-state index in [4.69, 9.17) is 0 Å². The summed E-state index contributed by atoms with van der Waals surface area (Å²) in [5.41, 5.74) is 4.48. The number of aryl methyl sites for hydroxylation is 1. The van der Waals surface area contributed by atoms with Crippen LogP contribution in [0.2, 0.25) is 0 Å². The predicted octanol–water partition coefficient (Wildman–Crippen LogP) is 3.96.